The van der Waals surface area contributed by atoms with Gasteiger partial charge in [0.25, 0.3) is 0 Å². The Balaban J connectivity index is 2.27. The third-order valence-electron chi connectivity index (χ3n) is 3.80. The van der Waals surface area contributed by atoms with Gasteiger partial charge in [-0.1, -0.05) is 31.2 Å². The van der Waals surface area contributed by atoms with Gasteiger partial charge in [-0.3, -0.25) is 4.79 Å². The van der Waals surface area contributed by atoms with Crippen molar-refractivity contribution in [3.05, 3.63) is 59.2 Å². The van der Waals surface area contributed by atoms with Gasteiger partial charge in [-0.15, -0.1) is 0 Å². The average Bonchev–Trinajstić information content (AvgIpc) is 2.65. The molecule has 4 heteroatoms. The predicted octanol–water partition coefficient (Wildman–Crippen LogP) is 4.17. The standard InChI is InChI=1S/C20H22O4/c1-5-14-6-8-15(9-7-14)17(21)11-10-16-12-19(23-3)20(24-4)13-18(16)22-2/h6-13H,5H2,1-4H3/b11-10+. The molecule has 0 unspecified atom stereocenters. The summed E-state index contributed by atoms with van der Waals surface area (Å²) in [5.41, 5.74) is 2.61. The van der Waals surface area contributed by atoms with Crippen LogP contribution >= 0.6 is 0 Å². The fourth-order valence-electron chi connectivity index (χ4n) is 2.35. The topological polar surface area (TPSA) is 44.8 Å². The van der Waals surface area contributed by atoms with Crippen molar-refractivity contribution in [3.8, 4) is 17.2 Å². The Kier molecular flexibility index (Phi) is 6.01. The predicted molar refractivity (Wildman–Crippen MR) is 95.3 cm³/mol. The number of ketones is 1. The van der Waals surface area contributed by atoms with Crippen molar-refractivity contribution in [1.82, 2.24) is 0 Å². The maximum absolute atomic E-state index is 12.3. The van der Waals surface area contributed by atoms with Gasteiger partial charge in [-0.25, -0.2) is 0 Å². The van der Waals surface area contributed by atoms with Gasteiger partial charge >= 0.3 is 0 Å². The third-order valence-corrected chi connectivity index (χ3v) is 3.80. The van der Waals surface area contributed by atoms with E-state index in [1.54, 1.807) is 39.5 Å². The minimum Gasteiger partial charge on any atom is -0.496 e. The third kappa shape index (κ3) is 3.96. The molecule has 4 nitrogen and oxygen atoms in total. The van der Waals surface area contributed by atoms with Crippen LogP contribution in [-0.4, -0.2) is 27.1 Å². The highest BCUT2D eigenvalue weighted by Crippen LogP contribution is 2.35. The SMILES string of the molecule is CCc1ccc(C(=O)/C=C/c2cc(OC)c(OC)cc2OC)cc1. The smallest absolute Gasteiger partial charge is 0.185 e. The number of ether oxygens (including phenoxy) is 3. The molecule has 2 aromatic rings. The summed E-state index contributed by atoms with van der Waals surface area (Å²) in [4.78, 5) is 12.3. The van der Waals surface area contributed by atoms with Crippen molar-refractivity contribution in [2.75, 3.05) is 21.3 Å². The number of allylic oxidation sites excluding steroid dienone is 1. The average molecular weight is 326 g/mol. The molecule has 0 N–H and O–H groups in total. The first-order chi connectivity index (χ1) is 11.6. The van der Waals surface area contributed by atoms with Gasteiger partial charge in [0.1, 0.15) is 5.75 Å². The molecule has 0 saturated heterocycles. The van der Waals surface area contributed by atoms with E-state index in [0.29, 0.717) is 22.8 Å². The minimum absolute atomic E-state index is 0.0607. The highest BCUT2D eigenvalue weighted by atomic mass is 16.5. The Morgan fingerprint density at radius 3 is 2.04 bits per heavy atom. The zero-order chi connectivity index (χ0) is 17.5. The number of methoxy groups -OCH3 is 3. The van der Waals surface area contributed by atoms with Crippen molar-refractivity contribution in [2.24, 2.45) is 0 Å². The van der Waals surface area contributed by atoms with Crippen LogP contribution in [0, 0.1) is 0 Å². The summed E-state index contributed by atoms with van der Waals surface area (Å²) in [6, 6.07) is 11.1. The van der Waals surface area contributed by atoms with E-state index >= 15 is 0 Å². The van der Waals surface area contributed by atoms with E-state index in [2.05, 4.69) is 6.92 Å². The van der Waals surface area contributed by atoms with Gasteiger partial charge in [0.15, 0.2) is 17.3 Å². The number of carbonyl (C=O) groups is 1. The lowest BCUT2D eigenvalue weighted by Crippen LogP contribution is -1.96. The highest BCUT2D eigenvalue weighted by Gasteiger charge is 2.10. The Morgan fingerprint density at radius 2 is 1.50 bits per heavy atom. The molecule has 2 rings (SSSR count). The summed E-state index contributed by atoms with van der Waals surface area (Å²) < 4.78 is 15.9. The Hall–Kier alpha value is -2.75. The van der Waals surface area contributed by atoms with Gasteiger partial charge in [-0.2, -0.15) is 0 Å². The first-order valence-electron chi connectivity index (χ1n) is 7.74. The van der Waals surface area contributed by atoms with Gasteiger partial charge in [0.2, 0.25) is 0 Å². The zero-order valence-electron chi connectivity index (χ0n) is 14.5. The zero-order valence-corrected chi connectivity index (χ0v) is 14.5. The molecule has 0 amide bonds. The molecule has 2 aromatic carbocycles. The molecule has 0 aliphatic carbocycles. The molecule has 0 spiro atoms. The molecule has 24 heavy (non-hydrogen) atoms. The van der Waals surface area contributed by atoms with Crippen LogP contribution in [0.3, 0.4) is 0 Å². The quantitative estimate of drug-likeness (QED) is 0.566. The maximum Gasteiger partial charge on any atom is 0.185 e. The van der Waals surface area contributed by atoms with E-state index in [0.717, 1.165) is 12.0 Å². The number of rotatable bonds is 7. The lowest BCUT2D eigenvalue weighted by molar-refractivity contribution is 0.104. The summed E-state index contributed by atoms with van der Waals surface area (Å²) in [5, 5.41) is 0. The van der Waals surface area contributed by atoms with Crippen LogP contribution in [0.15, 0.2) is 42.5 Å². The van der Waals surface area contributed by atoms with E-state index in [4.69, 9.17) is 14.2 Å². The number of benzene rings is 2. The normalized spacial score (nSPS) is 10.7. The van der Waals surface area contributed by atoms with Crippen molar-refractivity contribution in [1.29, 1.82) is 0 Å². The van der Waals surface area contributed by atoms with Crippen molar-refractivity contribution >= 4 is 11.9 Å². The van der Waals surface area contributed by atoms with Gasteiger partial charge in [0, 0.05) is 17.2 Å². The molecular weight excluding hydrogens is 304 g/mol. The van der Waals surface area contributed by atoms with E-state index in [1.807, 2.05) is 24.3 Å². The number of hydrogen-bond acceptors (Lipinski definition) is 4. The fraction of sp³-hybridized carbons (Fsp3) is 0.250. The molecule has 0 bridgehead atoms. The van der Waals surface area contributed by atoms with Crippen molar-refractivity contribution in [3.63, 3.8) is 0 Å². The Labute approximate surface area is 142 Å². The Morgan fingerprint density at radius 1 is 0.917 bits per heavy atom. The van der Waals surface area contributed by atoms with Crippen LogP contribution in [0.4, 0.5) is 0 Å². The van der Waals surface area contributed by atoms with E-state index in [9.17, 15) is 4.79 Å². The minimum atomic E-state index is -0.0607. The molecule has 0 heterocycles. The number of carbonyl (C=O) groups excluding carboxylic acids is 1. The first kappa shape index (κ1) is 17.6. The van der Waals surface area contributed by atoms with Crippen LogP contribution < -0.4 is 14.2 Å². The van der Waals surface area contributed by atoms with Crippen LogP contribution in [-0.2, 0) is 6.42 Å². The van der Waals surface area contributed by atoms with E-state index in [1.165, 1.54) is 11.6 Å². The van der Waals surface area contributed by atoms with E-state index in [-0.39, 0.29) is 5.78 Å². The molecule has 0 aliphatic heterocycles. The molecule has 0 fully saturated rings. The van der Waals surface area contributed by atoms with Gasteiger partial charge in [0.05, 0.1) is 21.3 Å². The largest absolute Gasteiger partial charge is 0.496 e. The first-order valence-corrected chi connectivity index (χ1v) is 7.74. The molecule has 0 aliphatic rings. The molecule has 126 valence electrons. The van der Waals surface area contributed by atoms with E-state index < -0.39 is 0 Å². The summed E-state index contributed by atoms with van der Waals surface area (Å²) in [6.45, 7) is 2.08. The maximum atomic E-state index is 12.3. The fourth-order valence-corrected chi connectivity index (χ4v) is 2.35. The van der Waals surface area contributed by atoms with Gasteiger partial charge in [-0.05, 0) is 30.2 Å². The highest BCUT2D eigenvalue weighted by molar-refractivity contribution is 6.07. The molecular formula is C20H22O4. The second-order valence-electron chi connectivity index (χ2n) is 5.20. The summed E-state index contributed by atoms with van der Waals surface area (Å²) >= 11 is 0. The second-order valence-corrected chi connectivity index (χ2v) is 5.20. The molecule has 0 radical (unpaired) electrons. The molecule has 0 saturated carbocycles. The summed E-state index contributed by atoms with van der Waals surface area (Å²) in [5.74, 6) is 1.71. The lowest BCUT2D eigenvalue weighted by Gasteiger charge is -2.12. The molecule has 0 aromatic heterocycles. The number of hydrogen-bond donors (Lipinski definition) is 0. The Bertz CT molecular complexity index is 730. The molecule has 0 atom stereocenters. The monoisotopic (exact) mass is 326 g/mol. The van der Waals surface area contributed by atoms with Crippen molar-refractivity contribution in [2.45, 2.75) is 13.3 Å². The van der Waals surface area contributed by atoms with Crippen molar-refractivity contribution < 1.29 is 19.0 Å². The summed E-state index contributed by atoms with van der Waals surface area (Å²) in [7, 11) is 4.71. The van der Waals surface area contributed by atoms with Crippen LogP contribution in [0.2, 0.25) is 0 Å². The second kappa shape index (κ2) is 8.20. The van der Waals surface area contributed by atoms with Crippen LogP contribution in [0.5, 0.6) is 17.2 Å². The lowest BCUT2D eigenvalue weighted by atomic mass is 10.1. The van der Waals surface area contributed by atoms with Gasteiger partial charge < -0.3 is 14.2 Å². The summed E-state index contributed by atoms with van der Waals surface area (Å²) in [6.07, 6.45) is 4.20. The number of aryl methyl sites for hydroxylation is 1. The van der Waals surface area contributed by atoms with Crippen LogP contribution in [0.25, 0.3) is 6.08 Å². The van der Waals surface area contributed by atoms with Crippen LogP contribution in [0.1, 0.15) is 28.4 Å².